The lowest BCUT2D eigenvalue weighted by molar-refractivity contribution is 0.304. The number of rotatable bonds is 5. The number of pyridine rings is 1. The molecule has 2 aromatic rings. The number of hydrogen-bond donors (Lipinski definition) is 1. The lowest BCUT2D eigenvalue weighted by atomic mass is 10.3. The van der Waals surface area contributed by atoms with Crippen molar-refractivity contribution in [3.8, 4) is 11.8 Å². The molecule has 4 nitrogen and oxygen atoms in total. The van der Waals surface area contributed by atoms with Gasteiger partial charge in [-0.2, -0.15) is 5.26 Å². The number of anilines is 1. The van der Waals surface area contributed by atoms with E-state index in [0.29, 0.717) is 12.2 Å². The summed E-state index contributed by atoms with van der Waals surface area (Å²) in [6.07, 6.45) is 1.55. The van der Waals surface area contributed by atoms with Crippen LogP contribution in [0.1, 0.15) is 12.5 Å². The van der Waals surface area contributed by atoms with Crippen LogP contribution in [0.2, 0.25) is 0 Å². The first kappa shape index (κ1) is 12.9. The predicted octanol–water partition coefficient (Wildman–Crippen LogP) is 2.83. The molecule has 0 unspecified atom stereocenters. The van der Waals surface area contributed by atoms with Crippen LogP contribution in [0.4, 0.5) is 5.82 Å². The zero-order chi connectivity index (χ0) is 13.5. The first-order chi connectivity index (χ1) is 9.28. The van der Waals surface area contributed by atoms with Crippen LogP contribution in [0, 0.1) is 11.3 Å². The summed E-state index contributed by atoms with van der Waals surface area (Å²) >= 11 is 0. The lowest BCUT2D eigenvalue weighted by Crippen LogP contribution is -2.23. The molecule has 0 fully saturated rings. The molecule has 1 aromatic heterocycles. The highest BCUT2D eigenvalue weighted by molar-refractivity contribution is 5.39. The number of ether oxygens (including phenoxy) is 1. The minimum Gasteiger partial charge on any atom is -0.491 e. The van der Waals surface area contributed by atoms with Crippen molar-refractivity contribution in [3.05, 3.63) is 54.2 Å². The number of nitrogens with zero attached hydrogens (tertiary/aromatic N) is 2. The lowest BCUT2D eigenvalue weighted by Gasteiger charge is -2.15. The average molecular weight is 253 g/mol. The fourth-order valence-corrected chi connectivity index (χ4v) is 1.58. The monoisotopic (exact) mass is 253 g/mol. The second kappa shape index (κ2) is 6.41. The minimum absolute atomic E-state index is 0.126. The van der Waals surface area contributed by atoms with Gasteiger partial charge in [0.25, 0.3) is 0 Å². The van der Waals surface area contributed by atoms with E-state index in [9.17, 15) is 0 Å². The molecule has 0 spiro atoms. The van der Waals surface area contributed by atoms with Gasteiger partial charge in [0, 0.05) is 6.20 Å². The molecule has 96 valence electrons. The second-order valence-corrected chi connectivity index (χ2v) is 4.21. The first-order valence-electron chi connectivity index (χ1n) is 6.08. The van der Waals surface area contributed by atoms with Crippen molar-refractivity contribution in [2.45, 2.75) is 13.0 Å². The molecule has 0 bridgehead atoms. The Morgan fingerprint density at radius 2 is 2.05 bits per heavy atom. The van der Waals surface area contributed by atoms with E-state index in [1.807, 2.05) is 43.3 Å². The highest BCUT2D eigenvalue weighted by Crippen LogP contribution is 2.10. The van der Waals surface area contributed by atoms with Crippen molar-refractivity contribution >= 4 is 5.82 Å². The van der Waals surface area contributed by atoms with Gasteiger partial charge in [-0.25, -0.2) is 4.98 Å². The Morgan fingerprint density at radius 1 is 1.26 bits per heavy atom. The molecule has 0 aliphatic carbocycles. The van der Waals surface area contributed by atoms with E-state index in [4.69, 9.17) is 10.00 Å². The van der Waals surface area contributed by atoms with Crippen molar-refractivity contribution in [2.75, 3.05) is 11.9 Å². The maximum atomic E-state index is 8.69. The number of nitrogens with one attached hydrogen (secondary N) is 1. The Morgan fingerprint density at radius 3 is 2.68 bits per heavy atom. The maximum absolute atomic E-state index is 8.69. The highest BCUT2D eigenvalue weighted by Gasteiger charge is 2.04. The smallest absolute Gasteiger partial charge is 0.126 e. The van der Waals surface area contributed by atoms with Gasteiger partial charge in [0.1, 0.15) is 24.2 Å². The van der Waals surface area contributed by atoms with E-state index < -0.39 is 0 Å². The molecular formula is C15H15N3O. The van der Waals surface area contributed by atoms with E-state index in [2.05, 4.69) is 10.3 Å². The summed E-state index contributed by atoms with van der Waals surface area (Å²) in [5, 5.41) is 11.9. The summed E-state index contributed by atoms with van der Waals surface area (Å²) in [5.41, 5.74) is 0.554. The van der Waals surface area contributed by atoms with Gasteiger partial charge < -0.3 is 10.1 Å². The van der Waals surface area contributed by atoms with Gasteiger partial charge in [0.15, 0.2) is 0 Å². The molecule has 4 heteroatoms. The van der Waals surface area contributed by atoms with Crippen molar-refractivity contribution in [1.82, 2.24) is 4.98 Å². The molecule has 0 radical (unpaired) electrons. The number of hydrogen-bond acceptors (Lipinski definition) is 4. The quantitative estimate of drug-likeness (QED) is 0.890. The van der Waals surface area contributed by atoms with Crippen LogP contribution >= 0.6 is 0 Å². The molecule has 1 N–H and O–H groups in total. The van der Waals surface area contributed by atoms with E-state index >= 15 is 0 Å². The van der Waals surface area contributed by atoms with Crippen LogP contribution in [0.15, 0.2) is 48.7 Å². The Hall–Kier alpha value is -2.54. The third-order valence-corrected chi connectivity index (χ3v) is 2.53. The second-order valence-electron chi connectivity index (χ2n) is 4.21. The third-order valence-electron chi connectivity index (χ3n) is 2.53. The van der Waals surface area contributed by atoms with Crippen molar-refractivity contribution in [1.29, 1.82) is 5.26 Å². The summed E-state index contributed by atoms with van der Waals surface area (Å²) in [7, 11) is 0. The van der Waals surface area contributed by atoms with Crippen molar-refractivity contribution in [3.63, 3.8) is 0 Å². The van der Waals surface area contributed by atoms with Crippen LogP contribution in [-0.2, 0) is 0 Å². The Kier molecular flexibility index (Phi) is 4.35. The molecule has 0 aliphatic rings. The number of aromatic nitrogens is 1. The summed E-state index contributed by atoms with van der Waals surface area (Å²) < 4.78 is 5.64. The van der Waals surface area contributed by atoms with Crippen molar-refractivity contribution < 1.29 is 4.74 Å². The molecule has 0 aliphatic heterocycles. The fourth-order valence-electron chi connectivity index (χ4n) is 1.58. The number of para-hydroxylation sites is 1. The van der Waals surface area contributed by atoms with Gasteiger partial charge in [-0.05, 0) is 31.2 Å². The van der Waals surface area contributed by atoms with Gasteiger partial charge in [0.2, 0.25) is 0 Å². The molecule has 1 heterocycles. The molecule has 2 rings (SSSR count). The van der Waals surface area contributed by atoms with Gasteiger partial charge in [0.05, 0.1) is 11.6 Å². The van der Waals surface area contributed by atoms with Crippen molar-refractivity contribution in [2.24, 2.45) is 0 Å². The zero-order valence-corrected chi connectivity index (χ0v) is 10.7. The standard InChI is InChI=1S/C15H15N3O/c1-12(11-19-14-5-3-2-4-6-14)18-15-8-7-13(9-16)10-17-15/h2-8,10,12H,11H2,1H3,(H,17,18)/t12-/m0/s1. The van der Waals surface area contributed by atoms with Gasteiger partial charge in [-0.15, -0.1) is 0 Å². The van der Waals surface area contributed by atoms with Crippen LogP contribution in [0.3, 0.4) is 0 Å². The molecule has 0 saturated carbocycles. The number of benzene rings is 1. The van der Waals surface area contributed by atoms with Crippen LogP contribution in [0.25, 0.3) is 0 Å². The van der Waals surface area contributed by atoms with E-state index in [0.717, 1.165) is 11.6 Å². The van der Waals surface area contributed by atoms with Gasteiger partial charge in [-0.1, -0.05) is 18.2 Å². The van der Waals surface area contributed by atoms with E-state index in [1.165, 1.54) is 0 Å². The maximum Gasteiger partial charge on any atom is 0.126 e. The van der Waals surface area contributed by atoms with E-state index in [1.54, 1.807) is 18.3 Å². The summed E-state index contributed by atoms with van der Waals surface area (Å²) in [4.78, 5) is 4.16. The molecule has 1 atom stereocenters. The topological polar surface area (TPSA) is 57.9 Å². The van der Waals surface area contributed by atoms with E-state index in [-0.39, 0.29) is 6.04 Å². The first-order valence-corrected chi connectivity index (χ1v) is 6.08. The largest absolute Gasteiger partial charge is 0.491 e. The Balaban J connectivity index is 1.84. The Labute approximate surface area is 112 Å². The highest BCUT2D eigenvalue weighted by atomic mass is 16.5. The zero-order valence-electron chi connectivity index (χ0n) is 10.7. The molecule has 0 saturated heterocycles. The van der Waals surface area contributed by atoms with Crippen LogP contribution < -0.4 is 10.1 Å². The SMILES string of the molecule is C[C@@H](COc1ccccc1)Nc1ccc(C#N)cn1. The third kappa shape index (κ3) is 4.00. The molecule has 19 heavy (non-hydrogen) atoms. The average Bonchev–Trinajstić information content (AvgIpc) is 2.47. The van der Waals surface area contributed by atoms with Gasteiger partial charge in [-0.3, -0.25) is 0 Å². The van der Waals surface area contributed by atoms with Gasteiger partial charge >= 0.3 is 0 Å². The van der Waals surface area contributed by atoms with Crippen LogP contribution in [0.5, 0.6) is 5.75 Å². The normalized spacial score (nSPS) is 11.4. The number of nitriles is 1. The minimum atomic E-state index is 0.126. The molecular weight excluding hydrogens is 238 g/mol. The summed E-state index contributed by atoms with van der Waals surface area (Å²) in [6.45, 7) is 2.56. The summed E-state index contributed by atoms with van der Waals surface area (Å²) in [5.74, 6) is 1.59. The predicted molar refractivity (Wildman–Crippen MR) is 74.0 cm³/mol. The Bertz CT molecular complexity index is 546. The molecule has 0 amide bonds. The van der Waals surface area contributed by atoms with Crippen LogP contribution in [-0.4, -0.2) is 17.6 Å². The molecule has 1 aromatic carbocycles. The fraction of sp³-hybridized carbons (Fsp3) is 0.200. The summed E-state index contributed by atoms with van der Waals surface area (Å²) in [6, 6.07) is 15.4.